The molecule has 1 aromatic rings. The Morgan fingerprint density at radius 2 is 1.95 bits per heavy atom. The molecule has 0 aromatic carbocycles. The van der Waals surface area contributed by atoms with Crippen LogP contribution in [0.15, 0.2) is 0 Å². The van der Waals surface area contributed by atoms with E-state index < -0.39 is 0 Å². The number of nitrogens with zero attached hydrogens (tertiary/aromatic N) is 2. The van der Waals surface area contributed by atoms with Gasteiger partial charge in [0.25, 0.3) is 0 Å². The van der Waals surface area contributed by atoms with Crippen molar-refractivity contribution in [2.24, 2.45) is 24.7 Å². The Labute approximate surface area is 129 Å². The van der Waals surface area contributed by atoms with Gasteiger partial charge in [-0.15, -0.1) is 0 Å². The second kappa shape index (κ2) is 7.41. The maximum atomic E-state index is 5.85. The van der Waals surface area contributed by atoms with Gasteiger partial charge in [-0.2, -0.15) is 5.10 Å². The highest BCUT2D eigenvalue weighted by molar-refractivity contribution is 5.24. The van der Waals surface area contributed by atoms with Gasteiger partial charge in [0, 0.05) is 18.8 Å². The minimum absolute atomic E-state index is 0.446. The van der Waals surface area contributed by atoms with E-state index >= 15 is 0 Å². The van der Waals surface area contributed by atoms with Crippen LogP contribution >= 0.6 is 0 Å². The van der Waals surface area contributed by atoms with Crippen LogP contribution in [0.3, 0.4) is 0 Å². The highest BCUT2D eigenvalue weighted by Crippen LogP contribution is 2.33. The number of aryl methyl sites for hydroxylation is 2. The van der Waals surface area contributed by atoms with Gasteiger partial charge < -0.3 is 0 Å². The Kier molecular flexibility index (Phi) is 5.82. The SMILES string of the molecule is CCC1CCC(C(CCc2c(C)nn(C)c2C)NN)CC1. The highest BCUT2D eigenvalue weighted by atomic mass is 15.3. The predicted octanol–water partition coefficient (Wildman–Crippen LogP) is 3.02. The fourth-order valence-corrected chi connectivity index (χ4v) is 3.93. The Hall–Kier alpha value is -0.870. The standard InChI is InChI=1S/C17H32N4/c1-5-14-6-8-15(9-7-14)17(19-18)11-10-16-12(2)20-21(4)13(16)3/h14-15,17,19H,5-11,18H2,1-4H3. The van der Waals surface area contributed by atoms with Crippen molar-refractivity contribution in [3.63, 3.8) is 0 Å². The van der Waals surface area contributed by atoms with Crippen molar-refractivity contribution in [2.75, 3.05) is 0 Å². The first-order chi connectivity index (χ1) is 10.1. The number of hydrazine groups is 1. The van der Waals surface area contributed by atoms with Crippen LogP contribution in [0.4, 0.5) is 0 Å². The molecule has 1 aliphatic rings. The molecule has 21 heavy (non-hydrogen) atoms. The van der Waals surface area contributed by atoms with Crippen LogP contribution in [0.5, 0.6) is 0 Å². The minimum Gasteiger partial charge on any atom is -0.272 e. The third-order valence-corrected chi connectivity index (χ3v) is 5.62. The Balaban J connectivity index is 1.91. The van der Waals surface area contributed by atoms with E-state index in [1.54, 1.807) is 0 Å². The summed E-state index contributed by atoms with van der Waals surface area (Å²) in [6, 6.07) is 0.446. The van der Waals surface area contributed by atoms with E-state index in [1.165, 1.54) is 49.1 Å². The van der Waals surface area contributed by atoms with Crippen molar-refractivity contribution in [1.82, 2.24) is 15.2 Å². The van der Waals surface area contributed by atoms with Crippen LogP contribution in [0.2, 0.25) is 0 Å². The maximum Gasteiger partial charge on any atom is 0.0628 e. The summed E-state index contributed by atoms with van der Waals surface area (Å²) in [5, 5.41) is 4.51. The van der Waals surface area contributed by atoms with Gasteiger partial charge >= 0.3 is 0 Å². The molecule has 0 bridgehead atoms. The van der Waals surface area contributed by atoms with Crippen molar-refractivity contribution < 1.29 is 0 Å². The summed E-state index contributed by atoms with van der Waals surface area (Å²) in [5.41, 5.74) is 6.95. The van der Waals surface area contributed by atoms with Crippen LogP contribution in [0.1, 0.15) is 62.4 Å². The minimum atomic E-state index is 0.446. The van der Waals surface area contributed by atoms with E-state index in [0.717, 1.165) is 24.7 Å². The molecule has 0 spiro atoms. The second-order valence-corrected chi connectivity index (χ2v) is 6.77. The summed E-state index contributed by atoms with van der Waals surface area (Å²) >= 11 is 0. The lowest BCUT2D eigenvalue weighted by Crippen LogP contribution is -2.42. The van der Waals surface area contributed by atoms with Gasteiger partial charge in [-0.3, -0.25) is 16.0 Å². The van der Waals surface area contributed by atoms with E-state index in [9.17, 15) is 0 Å². The summed E-state index contributed by atoms with van der Waals surface area (Å²) in [4.78, 5) is 0. The zero-order valence-electron chi connectivity index (χ0n) is 14.2. The van der Waals surface area contributed by atoms with Gasteiger partial charge in [0.1, 0.15) is 0 Å². The molecule has 1 saturated carbocycles. The molecule has 1 fully saturated rings. The summed E-state index contributed by atoms with van der Waals surface area (Å²) in [6.07, 6.45) is 8.95. The fourth-order valence-electron chi connectivity index (χ4n) is 3.93. The third-order valence-electron chi connectivity index (χ3n) is 5.62. The van der Waals surface area contributed by atoms with Gasteiger partial charge in [0.15, 0.2) is 0 Å². The van der Waals surface area contributed by atoms with E-state index in [-0.39, 0.29) is 0 Å². The summed E-state index contributed by atoms with van der Waals surface area (Å²) in [6.45, 7) is 6.59. The number of hydrogen-bond acceptors (Lipinski definition) is 3. The van der Waals surface area contributed by atoms with Gasteiger partial charge in [-0.05, 0) is 56.9 Å². The molecule has 120 valence electrons. The first-order valence-corrected chi connectivity index (χ1v) is 8.52. The average Bonchev–Trinajstić information content (AvgIpc) is 2.74. The molecule has 1 heterocycles. The van der Waals surface area contributed by atoms with Crippen molar-refractivity contribution in [3.05, 3.63) is 17.0 Å². The monoisotopic (exact) mass is 292 g/mol. The molecule has 1 atom stereocenters. The predicted molar refractivity (Wildman–Crippen MR) is 87.9 cm³/mol. The van der Waals surface area contributed by atoms with Crippen LogP contribution in [-0.2, 0) is 13.5 Å². The number of nitrogens with one attached hydrogen (secondary N) is 1. The molecule has 4 heteroatoms. The van der Waals surface area contributed by atoms with E-state index in [2.05, 4.69) is 31.3 Å². The molecule has 3 N–H and O–H groups in total. The Morgan fingerprint density at radius 3 is 2.43 bits per heavy atom. The summed E-state index contributed by atoms with van der Waals surface area (Å²) in [5.74, 6) is 7.54. The normalized spacial score (nSPS) is 24.2. The molecular formula is C17H32N4. The maximum absolute atomic E-state index is 5.85. The molecule has 4 nitrogen and oxygen atoms in total. The number of aromatic nitrogens is 2. The largest absolute Gasteiger partial charge is 0.272 e. The van der Waals surface area contributed by atoms with Crippen LogP contribution < -0.4 is 11.3 Å². The quantitative estimate of drug-likeness (QED) is 0.626. The Morgan fingerprint density at radius 1 is 1.29 bits per heavy atom. The zero-order valence-corrected chi connectivity index (χ0v) is 14.2. The lowest BCUT2D eigenvalue weighted by Gasteiger charge is -2.33. The van der Waals surface area contributed by atoms with Crippen molar-refractivity contribution in [1.29, 1.82) is 0 Å². The first-order valence-electron chi connectivity index (χ1n) is 8.52. The fraction of sp³-hybridized carbons (Fsp3) is 0.824. The van der Waals surface area contributed by atoms with Gasteiger partial charge in [-0.25, -0.2) is 0 Å². The molecule has 0 radical (unpaired) electrons. The molecule has 0 aliphatic heterocycles. The highest BCUT2D eigenvalue weighted by Gasteiger charge is 2.26. The van der Waals surface area contributed by atoms with Crippen molar-refractivity contribution in [3.8, 4) is 0 Å². The smallest absolute Gasteiger partial charge is 0.0628 e. The molecule has 0 saturated heterocycles. The summed E-state index contributed by atoms with van der Waals surface area (Å²) < 4.78 is 1.99. The van der Waals surface area contributed by atoms with Crippen LogP contribution in [0, 0.1) is 25.7 Å². The third kappa shape index (κ3) is 3.86. The van der Waals surface area contributed by atoms with Crippen LogP contribution in [-0.4, -0.2) is 15.8 Å². The lowest BCUT2D eigenvalue weighted by atomic mass is 9.76. The number of rotatable bonds is 6. The zero-order chi connectivity index (χ0) is 15.4. The molecule has 1 unspecified atom stereocenters. The Bertz CT molecular complexity index is 444. The second-order valence-electron chi connectivity index (χ2n) is 6.77. The van der Waals surface area contributed by atoms with Crippen molar-refractivity contribution >= 4 is 0 Å². The van der Waals surface area contributed by atoms with E-state index in [1.807, 2.05) is 11.7 Å². The first kappa shape index (κ1) is 16.5. The molecule has 1 aliphatic carbocycles. The van der Waals surface area contributed by atoms with Crippen molar-refractivity contribution in [2.45, 2.75) is 71.8 Å². The lowest BCUT2D eigenvalue weighted by molar-refractivity contribution is 0.211. The number of hydrogen-bond donors (Lipinski definition) is 2. The van der Waals surface area contributed by atoms with Gasteiger partial charge in [-0.1, -0.05) is 26.2 Å². The van der Waals surface area contributed by atoms with E-state index in [0.29, 0.717) is 6.04 Å². The topological polar surface area (TPSA) is 55.9 Å². The molecule has 1 aromatic heterocycles. The van der Waals surface area contributed by atoms with Gasteiger partial charge in [0.2, 0.25) is 0 Å². The molecular weight excluding hydrogens is 260 g/mol. The average molecular weight is 292 g/mol. The summed E-state index contributed by atoms with van der Waals surface area (Å²) in [7, 11) is 2.02. The number of nitrogens with two attached hydrogens (primary N) is 1. The van der Waals surface area contributed by atoms with Gasteiger partial charge in [0.05, 0.1) is 5.69 Å². The molecule has 2 rings (SSSR count). The van der Waals surface area contributed by atoms with E-state index in [4.69, 9.17) is 5.84 Å². The molecule has 0 amide bonds. The van der Waals surface area contributed by atoms with Crippen LogP contribution in [0.25, 0.3) is 0 Å².